The Hall–Kier alpha value is -3.01. The molecule has 32 heavy (non-hydrogen) atoms. The molecule has 1 aromatic carbocycles. The Morgan fingerprint density at radius 1 is 1.22 bits per heavy atom. The number of carbonyl (C=O) groups is 2. The van der Waals surface area contributed by atoms with Gasteiger partial charge < -0.3 is 11.1 Å². The van der Waals surface area contributed by atoms with E-state index in [1.165, 1.54) is 17.5 Å². The van der Waals surface area contributed by atoms with Crippen molar-refractivity contribution in [2.45, 2.75) is 26.7 Å². The number of primary amides is 1. The molecule has 0 aliphatic heterocycles. The summed E-state index contributed by atoms with van der Waals surface area (Å²) < 4.78 is 1.57. The lowest BCUT2D eigenvalue weighted by Gasteiger charge is -2.11. The van der Waals surface area contributed by atoms with Gasteiger partial charge in [-0.3, -0.25) is 9.59 Å². The Bertz CT molecular complexity index is 1360. The van der Waals surface area contributed by atoms with Gasteiger partial charge in [-0.05, 0) is 44.0 Å². The van der Waals surface area contributed by atoms with Crippen LogP contribution in [0.4, 0.5) is 5.13 Å². The summed E-state index contributed by atoms with van der Waals surface area (Å²) in [6.45, 7) is 3.70. The number of fused-ring (bicyclic) bond motifs is 1. The van der Waals surface area contributed by atoms with E-state index in [0.717, 1.165) is 22.5 Å². The highest BCUT2D eigenvalue weighted by molar-refractivity contribution is 7.14. The zero-order valence-corrected chi connectivity index (χ0v) is 19.5. The van der Waals surface area contributed by atoms with Gasteiger partial charge in [-0.2, -0.15) is 5.10 Å². The van der Waals surface area contributed by atoms with Gasteiger partial charge in [0.2, 0.25) is 5.91 Å². The number of anilines is 1. The number of benzene rings is 1. The number of aryl methyl sites for hydroxylation is 2. The largest absolute Gasteiger partial charge is 0.365 e. The van der Waals surface area contributed by atoms with Crippen molar-refractivity contribution in [1.29, 1.82) is 0 Å². The second-order valence-corrected chi connectivity index (χ2v) is 8.83. The third-order valence-electron chi connectivity index (χ3n) is 5.03. The monoisotopic (exact) mass is 488 g/mol. The number of nitrogens with zero attached hydrogens (tertiary/aromatic N) is 4. The van der Waals surface area contributed by atoms with E-state index in [2.05, 4.69) is 20.4 Å². The molecule has 0 spiro atoms. The fourth-order valence-corrected chi connectivity index (χ4v) is 4.65. The molecule has 3 aromatic heterocycles. The minimum atomic E-state index is -0.582. The molecule has 164 valence electrons. The van der Waals surface area contributed by atoms with Gasteiger partial charge in [-0.15, -0.1) is 11.3 Å². The first kappa shape index (κ1) is 22.2. The molecule has 0 atom stereocenters. The van der Waals surface area contributed by atoms with E-state index >= 15 is 0 Å². The molecule has 4 rings (SSSR count). The lowest BCUT2D eigenvalue weighted by atomic mass is 10.1. The van der Waals surface area contributed by atoms with Gasteiger partial charge in [0.15, 0.2) is 10.8 Å². The summed E-state index contributed by atoms with van der Waals surface area (Å²) in [5.74, 6) is -0.758. The fraction of sp³-hybridized carbons (Fsp3) is 0.190. The molecule has 0 unspecified atom stereocenters. The van der Waals surface area contributed by atoms with E-state index in [4.69, 9.17) is 28.9 Å². The van der Waals surface area contributed by atoms with E-state index in [1.54, 1.807) is 22.7 Å². The summed E-state index contributed by atoms with van der Waals surface area (Å²) in [5.41, 5.74) is 9.89. The average molecular weight is 489 g/mol. The summed E-state index contributed by atoms with van der Waals surface area (Å²) in [7, 11) is 0. The maximum absolute atomic E-state index is 12.5. The number of hydrogen-bond donors (Lipinski definition) is 2. The summed E-state index contributed by atoms with van der Waals surface area (Å²) in [5, 5.41) is 10.4. The smallest absolute Gasteiger partial charge is 0.254 e. The lowest BCUT2D eigenvalue weighted by Crippen LogP contribution is -2.15. The van der Waals surface area contributed by atoms with Crippen LogP contribution in [-0.2, 0) is 11.2 Å². The van der Waals surface area contributed by atoms with Crippen LogP contribution < -0.4 is 11.1 Å². The normalized spacial score (nSPS) is 11.1. The van der Waals surface area contributed by atoms with Crippen molar-refractivity contribution in [3.63, 3.8) is 0 Å². The van der Waals surface area contributed by atoms with Crippen LogP contribution in [0.5, 0.6) is 0 Å². The van der Waals surface area contributed by atoms with Crippen LogP contribution in [0.25, 0.3) is 16.9 Å². The topological polar surface area (TPSA) is 115 Å². The predicted molar refractivity (Wildman–Crippen MR) is 125 cm³/mol. The molecule has 0 radical (unpaired) electrons. The quantitative estimate of drug-likeness (QED) is 0.415. The van der Waals surface area contributed by atoms with Crippen LogP contribution >= 0.6 is 34.5 Å². The van der Waals surface area contributed by atoms with E-state index in [9.17, 15) is 9.59 Å². The van der Waals surface area contributed by atoms with Crippen molar-refractivity contribution in [2.75, 3.05) is 5.32 Å². The van der Waals surface area contributed by atoms with Gasteiger partial charge in [-0.1, -0.05) is 23.2 Å². The minimum Gasteiger partial charge on any atom is -0.365 e. The Morgan fingerprint density at radius 2 is 2.00 bits per heavy atom. The molecule has 0 aliphatic carbocycles. The van der Waals surface area contributed by atoms with Gasteiger partial charge in [0.05, 0.1) is 16.9 Å². The number of aromatic nitrogens is 4. The Morgan fingerprint density at radius 3 is 2.72 bits per heavy atom. The first-order chi connectivity index (χ1) is 15.2. The van der Waals surface area contributed by atoms with E-state index in [-0.39, 0.29) is 17.9 Å². The second-order valence-electron chi connectivity index (χ2n) is 7.13. The van der Waals surface area contributed by atoms with Gasteiger partial charge >= 0.3 is 0 Å². The van der Waals surface area contributed by atoms with E-state index in [0.29, 0.717) is 32.9 Å². The van der Waals surface area contributed by atoms with Crippen LogP contribution in [0.15, 0.2) is 29.8 Å². The molecule has 8 nitrogen and oxygen atoms in total. The zero-order valence-electron chi connectivity index (χ0n) is 17.1. The van der Waals surface area contributed by atoms with Gasteiger partial charge in [0, 0.05) is 33.8 Å². The maximum atomic E-state index is 12.5. The number of rotatable bonds is 6. The molecule has 0 aliphatic rings. The highest BCUT2D eigenvalue weighted by Gasteiger charge is 2.17. The van der Waals surface area contributed by atoms with Crippen LogP contribution in [0.3, 0.4) is 0 Å². The molecule has 4 aromatic rings. The second kappa shape index (κ2) is 8.85. The Labute approximate surface area is 197 Å². The van der Waals surface area contributed by atoms with Crippen molar-refractivity contribution in [3.8, 4) is 11.3 Å². The standard InChI is InChI=1S/C21H18Cl2N6O2S/c1-10-13(11(2)29-20(26-10)15(8-25-29)19(24)31)5-6-18(30)28-21-27-17(9-32-21)14-4-3-12(22)7-16(14)23/h3-4,7-9H,5-6H2,1-2H3,(H2,24,31)(H,27,28,30). The summed E-state index contributed by atoms with van der Waals surface area (Å²) in [6.07, 6.45) is 2.09. The molecule has 3 heterocycles. The zero-order chi connectivity index (χ0) is 23.0. The molecule has 0 saturated heterocycles. The highest BCUT2D eigenvalue weighted by Crippen LogP contribution is 2.32. The summed E-state index contributed by atoms with van der Waals surface area (Å²) >= 11 is 13.5. The van der Waals surface area contributed by atoms with Crippen molar-refractivity contribution in [1.82, 2.24) is 19.6 Å². The number of carbonyl (C=O) groups excluding carboxylic acids is 2. The van der Waals surface area contributed by atoms with Crippen LogP contribution in [0, 0.1) is 13.8 Å². The number of hydrogen-bond acceptors (Lipinski definition) is 6. The Kier molecular flexibility index (Phi) is 6.14. The number of amides is 2. The molecule has 0 saturated carbocycles. The van der Waals surface area contributed by atoms with Crippen molar-refractivity contribution >= 4 is 57.1 Å². The third-order valence-corrected chi connectivity index (χ3v) is 6.34. The van der Waals surface area contributed by atoms with Crippen LogP contribution in [0.1, 0.15) is 33.7 Å². The fourth-order valence-electron chi connectivity index (χ4n) is 3.42. The van der Waals surface area contributed by atoms with Gasteiger partial charge in [-0.25, -0.2) is 14.5 Å². The predicted octanol–water partition coefficient (Wildman–Crippen LogP) is 4.45. The molecule has 0 bridgehead atoms. The Balaban J connectivity index is 1.46. The van der Waals surface area contributed by atoms with Crippen LogP contribution in [-0.4, -0.2) is 31.4 Å². The number of thiazole rings is 1. The number of nitrogens with one attached hydrogen (secondary N) is 1. The minimum absolute atomic E-state index is 0.176. The van der Waals surface area contributed by atoms with Crippen LogP contribution in [0.2, 0.25) is 10.0 Å². The van der Waals surface area contributed by atoms with Crippen molar-refractivity contribution < 1.29 is 9.59 Å². The number of halogens is 2. The van der Waals surface area contributed by atoms with E-state index < -0.39 is 5.91 Å². The summed E-state index contributed by atoms with van der Waals surface area (Å²) in [6, 6.07) is 5.18. The lowest BCUT2D eigenvalue weighted by molar-refractivity contribution is -0.116. The maximum Gasteiger partial charge on any atom is 0.254 e. The molecule has 0 fully saturated rings. The molecule has 11 heteroatoms. The average Bonchev–Trinajstić information content (AvgIpc) is 3.35. The van der Waals surface area contributed by atoms with Gasteiger partial charge in [0.25, 0.3) is 5.91 Å². The summed E-state index contributed by atoms with van der Waals surface area (Å²) in [4.78, 5) is 33.0. The van der Waals surface area contributed by atoms with Gasteiger partial charge in [0.1, 0.15) is 5.56 Å². The first-order valence-electron chi connectivity index (χ1n) is 9.59. The van der Waals surface area contributed by atoms with Crippen molar-refractivity contribution in [2.24, 2.45) is 5.73 Å². The third kappa shape index (κ3) is 4.32. The molecular weight excluding hydrogens is 471 g/mol. The van der Waals surface area contributed by atoms with E-state index in [1.807, 2.05) is 19.2 Å². The first-order valence-corrected chi connectivity index (χ1v) is 11.2. The molecule has 3 N–H and O–H groups in total. The molecular formula is C21H18Cl2N6O2S. The number of nitrogens with two attached hydrogens (primary N) is 1. The highest BCUT2D eigenvalue weighted by atomic mass is 35.5. The SMILES string of the molecule is Cc1nc2c(C(N)=O)cnn2c(C)c1CCC(=O)Nc1nc(-c2ccc(Cl)cc2Cl)cs1. The van der Waals surface area contributed by atoms with Crippen molar-refractivity contribution in [3.05, 3.63) is 62.3 Å². The molecule has 2 amide bonds.